The summed E-state index contributed by atoms with van der Waals surface area (Å²) in [7, 11) is 1.67. The summed E-state index contributed by atoms with van der Waals surface area (Å²) in [6.45, 7) is 10.1. The molecule has 2 aromatic heterocycles. The number of hydrogen-bond donors (Lipinski definition) is 0. The number of para-hydroxylation sites is 1. The average Bonchev–Trinajstić information content (AvgIpc) is 3.32. The first kappa shape index (κ1) is 22.2. The van der Waals surface area contributed by atoms with E-state index >= 15 is 0 Å². The predicted molar refractivity (Wildman–Crippen MR) is 125 cm³/mol. The molecule has 8 nitrogen and oxygen atoms in total. The maximum absolute atomic E-state index is 5.63. The van der Waals surface area contributed by atoms with E-state index in [2.05, 4.69) is 36.7 Å². The molecule has 3 aromatic rings. The number of rotatable bonds is 10. The van der Waals surface area contributed by atoms with E-state index in [1.54, 1.807) is 7.11 Å². The molecule has 1 aliphatic rings. The summed E-state index contributed by atoms with van der Waals surface area (Å²) in [5.74, 6) is 2.52. The summed E-state index contributed by atoms with van der Waals surface area (Å²) >= 11 is 0. The van der Waals surface area contributed by atoms with Gasteiger partial charge in [0.25, 0.3) is 0 Å². The minimum Gasteiger partial charge on any atom is -0.496 e. The van der Waals surface area contributed by atoms with E-state index in [4.69, 9.17) is 9.26 Å². The molecule has 0 aliphatic carbocycles. The molecule has 170 valence electrons. The first-order chi connectivity index (χ1) is 15.8. The molecule has 32 heavy (non-hydrogen) atoms. The molecular weight excluding hydrogens is 404 g/mol. The Morgan fingerprint density at radius 1 is 1.06 bits per heavy atom. The molecule has 0 spiro atoms. The second-order valence-corrected chi connectivity index (χ2v) is 7.98. The molecular formula is C24H32N6O2. The molecule has 1 aromatic carbocycles. The third-order valence-corrected chi connectivity index (χ3v) is 5.92. The Morgan fingerprint density at radius 3 is 2.59 bits per heavy atom. The summed E-state index contributed by atoms with van der Waals surface area (Å²) in [5.41, 5.74) is 1.77. The second kappa shape index (κ2) is 11.1. The lowest BCUT2D eigenvalue weighted by molar-refractivity contribution is 0.206. The Labute approximate surface area is 189 Å². The highest BCUT2D eigenvalue weighted by Gasteiger charge is 2.19. The number of benzene rings is 1. The number of anilines is 1. The minimum absolute atomic E-state index is 0.762. The minimum atomic E-state index is 0.762. The zero-order chi connectivity index (χ0) is 22.2. The largest absolute Gasteiger partial charge is 0.496 e. The number of ether oxygens (including phenoxy) is 1. The number of aromatic nitrogens is 3. The summed E-state index contributed by atoms with van der Waals surface area (Å²) < 4.78 is 11.1. The van der Waals surface area contributed by atoms with Crippen molar-refractivity contribution in [3.05, 3.63) is 54.6 Å². The highest BCUT2D eigenvalue weighted by Crippen LogP contribution is 2.29. The van der Waals surface area contributed by atoms with E-state index in [1.165, 1.54) is 0 Å². The zero-order valence-electron chi connectivity index (χ0n) is 19.0. The quantitative estimate of drug-likeness (QED) is 0.480. The van der Waals surface area contributed by atoms with Crippen molar-refractivity contribution in [2.75, 3.05) is 57.8 Å². The van der Waals surface area contributed by atoms with Gasteiger partial charge < -0.3 is 14.2 Å². The predicted octanol–water partition coefficient (Wildman–Crippen LogP) is 3.17. The van der Waals surface area contributed by atoms with Crippen LogP contribution in [0.4, 0.5) is 5.95 Å². The monoisotopic (exact) mass is 436 g/mol. The fraction of sp³-hybridized carbons (Fsp3) is 0.458. The smallest absolute Gasteiger partial charge is 0.225 e. The van der Waals surface area contributed by atoms with Crippen molar-refractivity contribution in [3.8, 4) is 17.0 Å². The molecule has 1 fully saturated rings. The zero-order valence-corrected chi connectivity index (χ0v) is 19.0. The first-order valence-electron chi connectivity index (χ1n) is 11.3. The van der Waals surface area contributed by atoms with E-state index in [0.29, 0.717) is 0 Å². The van der Waals surface area contributed by atoms with Gasteiger partial charge in [0.15, 0.2) is 5.76 Å². The van der Waals surface area contributed by atoms with Crippen LogP contribution in [0.15, 0.2) is 53.3 Å². The van der Waals surface area contributed by atoms with Gasteiger partial charge in [0.1, 0.15) is 11.4 Å². The van der Waals surface area contributed by atoms with Gasteiger partial charge in [0, 0.05) is 50.2 Å². The molecule has 0 atom stereocenters. The summed E-state index contributed by atoms with van der Waals surface area (Å²) in [6, 6.07) is 11.8. The lowest BCUT2D eigenvalue weighted by Crippen LogP contribution is -2.47. The highest BCUT2D eigenvalue weighted by atomic mass is 16.5. The Hall–Kier alpha value is -2.97. The second-order valence-electron chi connectivity index (χ2n) is 7.98. The SMILES string of the molecule is CCN(CCCN1CCN(c2ncccn2)CC1)Cc1cc(-c2ccccc2OC)no1. The Morgan fingerprint density at radius 2 is 1.84 bits per heavy atom. The maximum atomic E-state index is 5.63. The number of hydrogen-bond acceptors (Lipinski definition) is 8. The number of methoxy groups -OCH3 is 1. The molecule has 3 heterocycles. The summed E-state index contributed by atoms with van der Waals surface area (Å²) in [4.78, 5) is 15.9. The molecule has 0 saturated carbocycles. The molecule has 0 bridgehead atoms. The molecule has 4 rings (SSSR count). The standard InChI is InChI=1S/C24H32N6O2/c1-3-28(19-20-18-22(27-32-20)21-8-4-5-9-23(21)31-2)12-7-13-29-14-16-30(17-15-29)24-25-10-6-11-26-24/h4-6,8-11,18H,3,7,12-17,19H2,1-2H3. The van der Waals surface area contributed by atoms with E-state index in [1.807, 2.05) is 48.8 Å². The van der Waals surface area contributed by atoms with E-state index in [0.717, 1.165) is 87.5 Å². The Balaban J connectivity index is 1.22. The molecule has 8 heteroatoms. The van der Waals surface area contributed by atoms with Crippen molar-refractivity contribution in [3.63, 3.8) is 0 Å². The average molecular weight is 437 g/mol. The van der Waals surface area contributed by atoms with Gasteiger partial charge in [-0.3, -0.25) is 9.80 Å². The van der Waals surface area contributed by atoms with Gasteiger partial charge >= 0.3 is 0 Å². The van der Waals surface area contributed by atoms with Crippen molar-refractivity contribution in [1.82, 2.24) is 24.9 Å². The van der Waals surface area contributed by atoms with Crippen molar-refractivity contribution in [2.45, 2.75) is 19.9 Å². The van der Waals surface area contributed by atoms with Gasteiger partial charge in [-0.1, -0.05) is 24.2 Å². The van der Waals surface area contributed by atoms with Gasteiger partial charge in [-0.15, -0.1) is 0 Å². The maximum Gasteiger partial charge on any atom is 0.225 e. The van der Waals surface area contributed by atoms with Crippen LogP contribution in [0.1, 0.15) is 19.1 Å². The van der Waals surface area contributed by atoms with Crippen LogP contribution in [-0.4, -0.2) is 77.8 Å². The fourth-order valence-electron chi connectivity index (χ4n) is 4.08. The van der Waals surface area contributed by atoms with Crippen molar-refractivity contribution in [1.29, 1.82) is 0 Å². The van der Waals surface area contributed by atoms with Crippen LogP contribution in [0.5, 0.6) is 5.75 Å². The molecule has 0 unspecified atom stereocenters. The normalized spacial score (nSPS) is 14.8. The van der Waals surface area contributed by atoms with E-state index in [9.17, 15) is 0 Å². The number of piperazine rings is 1. The van der Waals surface area contributed by atoms with Gasteiger partial charge in [-0.2, -0.15) is 0 Å². The van der Waals surface area contributed by atoms with Crippen molar-refractivity contribution in [2.24, 2.45) is 0 Å². The van der Waals surface area contributed by atoms with Gasteiger partial charge in [0.2, 0.25) is 5.95 Å². The Kier molecular flexibility index (Phi) is 7.68. The summed E-state index contributed by atoms with van der Waals surface area (Å²) in [5, 5.41) is 4.26. The molecule has 0 amide bonds. The van der Waals surface area contributed by atoms with E-state index in [-0.39, 0.29) is 0 Å². The van der Waals surface area contributed by atoms with Crippen molar-refractivity contribution < 1.29 is 9.26 Å². The lowest BCUT2D eigenvalue weighted by Gasteiger charge is -2.35. The van der Waals surface area contributed by atoms with E-state index < -0.39 is 0 Å². The fourth-order valence-corrected chi connectivity index (χ4v) is 4.08. The van der Waals surface area contributed by atoms with Crippen LogP contribution in [0.25, 0.3) is 11.3 Å². The molecule has 1 saturated heterocycles. The highest BCUT2D eigenvalue weighted by molar-refractivity contribution is 5.66. The summed E-state index contributed by atoms with van der Waals surface area (Å²) in [6.07, 6.45) is 4.74. The van der Waals surface area contributed by atoms with Crippen LogP contribution in [0, 0.1) is 0 Å². The third kappa shape index (κ3) is 5.63. The number of nitrogens with zero attached hydrogens (tertiary/aromatic N) is 6. The van der Waals surface area contributed by atoms with Crippen molar-refractivity contribution >= 4 is 5.95 Å². The molecule has 1 aliphatic heterocycles. The topological polar surface area (TPSA) is 70.8 Å². The van der Waals surface area contributed by atoms with Gasteiger partial charge in [-0.25, -0.2) is 9.97 Å². The Bertz CT molecular complexity index is 956. The van der Waals surface area contributed by atoms with Crippen LogP contribution < -0.4 is 9.64 Å². The lowest BCUT2D eigenvalue weighted by atomic mass is 10.1. The first-order valence-corrected chi connectivity index (χ1v) is 11.3. The van der Waals surface area contributed by atoms with Gasteiger partial charge in [0.05, 0.1) is 13.7 Å². The third-order valence-electron chi connectivity index (χ3n) is 5.92. The van der Waals surface area contributed by atoms with Crippen LogP contribution >= 0.6 is 0 Å². The van der Waals surface area contributed by atoms with Crippen LogP contribution in [-0.2, 0) is 6.54 Å². The van der Waals surface area contributed by atoms with Crippen LogP contribution in [0.3, 0.4) is 0 Å². The van der Waals surface area contributed by atoms with Gasteiger partial charge in [-0.05, 0) is 44.3 Å². The molecule has 0 radical (unpaired) electrons. The molecule has 0 N–H and O–H groups in total. The van der Waals surface area contributed by atoms with Crippen LogP contribution in [0.2, 0.25) is 0 Å².